The monoisotopic (exact) mass is 413 g/mol. The van der Waals surface area contributed by atoms with Crippen molar-refractivity contribution in [2.75, 3.05) is 32.8 Å². The first-order valence-corrected chi connectivity index (χ1v) is 10.8. The van der Waals surface area contributed by atoms with Crippen LogP contribution in [0.3, 0.4) is 0 Å². The van der Waals surface area contributed by atoms with Gasteiger partial charge in [0.1, 0.15) is 12.4 Å². The Morgan fingerprint density at radius 3 is 2.60 bits per heavy atom. The third-order valence-electron chi connectivity index (χ3n) is 5.53. The fraction of sp³-hybridized carbons (Fsp3) is 0.480. The molecule has 1 aliphatic heterocycles. The lowest BCUT2D eigenvalue weighted by molar-refractivity contribution is -0.146. The van der Waals surface area contributed by atoms with Crippen LogP contribution in [0.25, 0.3) is 0 Å². The van der Waals surface area contributed by atoms with Crippen molar-refractivity contribution in [2.24, 2.45) is 5.92 Å². The summed E-state index contributed by atoms with van der Waals surface area (Å²) in [7, 11) is 0. The summed E-state index contributed by atoms with van der Waals surface area (Å²) >= 11 is 0. The summed E-state index contributed by atoms with van der Waals surface area (Å²) in [6.45, 7) is 9.07. The summed E-state index contributed by atoms with van der Waals surface area (Å²) in [4.78, 5) is 14.6. The predicted molar refractivity (Wildman–Crippen MR) is 116 cm³/mol. The molecule has 2 atom stereocenters. The predicted octanol–water partition coefficient (Wildman–Crippen LogP) is 4.74. The number of nitrogens with zero attached hydrogens (tertiary/aromatic N) is 1. The van der Waals surface area contributed by atoms with Crippen molar-refractivity contribution < 1.29 is 18.7 Å². The van der Waals surface area contributed by atoms with Crippen molar-refractivity contribution in [3.63, 3.8) is 0 Å². The second-order valence-corrected chi connectivity index (χ2v) is 8.41. The van der Waals surface area contributed by atoms with Gasteiger partial charge in [0.15, 0.2) is 0 Å². The highest BCUT2D eigenvalue weighted by molar-refractivity contribution is 5.77. The first-order chi connectivity index (χ1) is 14.4. The van der Waals surface area contributed by atoms with Crippen LogP contribution in [0.1, 0.15) is 49.5 Å². The highest BCUT2D eigenvalue weighted by atomic mass is 19.1. The number of benzene rings is 2. The molecule has 1 aliphatic rings. The van der Waals surface area contributed by atoms with E-state index < -0.39 is 0 Å². The Kier molecular flexibility index (Phi) is 8.00. The van der Waals surface area contributed by atoms with Crippen LogP contribution in [-0.2, 0) is 20.7 Å². The fourth-order valence-electron chi connectivity index (χ4n) is 3.78. The largest absolute Gasteiger partial charge is 0.464 e. The second kappa shape index (κ2) is 10.7. The van der Waals surface area contributed by atoms with Crippen LogP contribution in [0, 0.1) is 11.7 Å². The van der Waals surface area contributed by atoms with Gasteiger partial charge in [0.2, 0.25) is 0 Å². The van der Waals surface area contributed by atoms with Crippen molar-refractivity contribution in [1.29, 1.82) is 0 Å². The van der Waals surface area contributed by atoms with E-state index in [2.05, 4.69) is 30.9 Å². The summed E-state index contributed by atoms with van der Waals surface area (Å²) in [6.07, 6.45) is 0.742. The average molecular weight is 414 g/mol. The Balaban J connectivity index is 1.46. The van der Waals surface area contributed by atoms with Gasteiger partial charge in [0.05, 0.1) is 18.6 Å². The topological polar surface area (TPSA) is 38.8 Å². The summed E-state index contributed by atoms with van der Waals surface area (Å²) in [5, 5.41) is 0. The highest BCUT2D eigenvalue weighted by Crippen LogP contribution is 2.24. The fourth-order valence-corrected chi connectivity index (χ4v) is 3.78. The van der Waals surface area contributed by atoms with Crippen LogP contribution in [-0.4, -0.2) is 43.7 Å². The summed E-state index contributed by atoms with van der Waals surface area (Å²) in [5.74, 6) is -0.153. The van der Waals surface area contributed by atoms with Crippen molar-refractivity contribution >= 4 is 5.97 Å². The number of rotatable bonds is 8. The molecule has 1 fully saturated rings. The summed E-state index contributed by atoms with van der Waals surface area (Å²) in [6, 6.07) is 14.9. The third-order valence-corrected chi connectivity index (χ3v) is 5.53. The third kappa shape index (κ3) is 6.13. The first kappa shape index (κ1) is 22.4. The number of carbonyl (C=O) groups excluding carboxylic acids is 1. The molecule has 0 radical (unpaired) electrons. The van der Waals surface area contributed by atoms with E-state index in [0.717, 1.165) is 18.5 Å². The van der Waals surface area contributed by atoms with Gasteiger partial charge in [-0.05, 0) is 36.5 Å². The van der Waals surface area contributed by atoms with E-state index in [1.807, 2.05) is 25.1 Å². The number of esters is 1. The second-order valence-electron chi connectivity index (χ2n) is 8.41. The van der Waals surface area contributed by atoms with E-state index >= 15 is 0 Å². The normalized spacial score (nSPS) is 18.4. The molecule has 162 valence electrons. The summed E-state index contributed by atoms with van der Waals surface area (Å²) in [5.41, 5.74) is 2.83. The van der Waals surface area contributed by atoms with Crippen LogP contribution < -0.4 is 0 Å². The maximum Gasteiger partial charge on any atom is 0.313 e. The molecule has 3 rings (SSSR count). The number of carbonyl (C=O) groups is 1. The zero-order valence-electron chi connectivity index (χ0n) is 18.1. The zero-order chi connectivity index (χ0) is 21.5. The number of hydrogen-bond donors (Lipinski definition) is 0. The molecular weight excluding hydrogens is 381 g/mol. The van der Waals surface area contributed by atoms with E-state index in [4.69, 9.17) is 9.47 Å². The molecule has 0 amide bonds. The standard InChI is InChI=1S/C25H32FNO3/c1-18(2)16-20-8-10-21(11-9-20)19(3)25(28)30-15-13-27-12-14-29-24(17-27)22-6-4-5-7-23(22)26/h4-11,18-19,24H,12-17H2,1-3H3. The smallest absolute Gasteiger partial charge is 0.313 e. The van der Waals surface area contributed by atoms with Gasteiger partial charge in [-0.3, -0.25) is 9.69 Å². The number of morpholine rings is 1. The molecule has 1 saturated heterocycles. The van der Waals surface area contributed by atoms with E-state index in [9.17, 15) is 9.18 Å². The van der Waals surface area contributed by atoms with Gasteiger partial charge in [-0.1, -0.05) is 56.3 Å². The van der Waals surface area contributed by atoms with Gasteiger partial charge < -0.3 is 9.47 Å². The number of ether oxygens (including phenoxy) is 2. The molecule has 0 aliphatic carbocycles. The lowest BCUT2D eigenvalue weighted by atomic mass is 9.97. The van der Waals surface area contributed by atoms with E-state index in [-0.39, 0.29) is 23.8 Å². The Labute approximate surface area is 179 Å². The maximum atomic E-state index is 14.0. The molecule has 2 unspecified atom stereocenters. The molecule has 5 heteroatoms. The lowest BCUT2D eigenvalue weighted by Crippen LogP contribution is -2.40. The van der Waals surface area contributed by atoms with Gasteiger partial charge >= 0.3 is 5.97 Å². The van der Waals surface area contributed by atoms with Crippen molar-refractivity contribution in [1.82, 2.24) is 4.90 Å². The lowest BCUT2D eigenvalue weighted by Gasteiger charge is -2.33. The van der Waals surface area contributed by atoms with Gasteiger partial charge in [-0.2, -0.15) is 0 Å². The van der Waals surface area contributed by atoms with Gasteiger partial charge in [-0.25, -0.2) is 4.39 Å². The molecular formula is C25H32FNO3. The molecule has 0 bridgehead atoms. The molecule has 2 aromatic rings. The Bertz CT molecular complexity index is 821. The van der Waals surface area contributed by atoms with Crippen LogP contribution in [0.5, 0.6) is 0 Å². The van der Waals surface area contributed by atoms with Crippen molar-refractivity contribution in [3.05, 3.63) is 71.0 Å². The van der Waals surface area contributed by atoms with E-state index in [1.54, 1.807) is 12.1 Å². The number of hydrogen-bond acceptors (Lipinski definition) is 4. The van der Waals surface area contributed by atoms with Gasteiger partial charge in [0.25, 0.3) is 0 Å². The Morgan fingerprint density at radius 2 is 1.90 bits per heavy atom. The molecule has 4 nitrogen and oxygen atoms in total. The van der Waals surface area contributed by atoms with Crippen LogP contribution >= 0.6 is 0 Å². The van der Waals surface area contributed by atoms with Crippen LogP contribution in [0.15, 0.2) is 48.5 Å². The minimum atomic E-state index is -0.297. The Hall–Kier alpha value is -2.24. The van der Waals surface area contributed by atoms with Crippen LogP contribution in [0.2, 0.25) is 0 Å². The zero-order valence-corrected chi connectivity index (χ0v) is 18.1. The van der Waals surface area contributed by atoms with Gasteiger partial charge in [0, 0.05) is 25.2 Å². The molecule has 0 aromatic heterocycles. The molecule has 0 N–H and O–H groups in total. The first-order valence-electron chi connectivity index (χ1n) is 10.8. The molecule has 30 heavy (non-hydrogen) atoms. The maximum absolute atomic E-state index is 14.0. The van der Waals surface area contributed by atoms with Crippen molar-refractivity contribution in [3.8, 4) is 0 Å². The quantitative estimate of drug-likeness (QED) is 0.586. The molecule has 2 aromatic carbocycles. The molecule has 1 heterocycles. The summed E-state index contributed by atoms with van der Waals surface area (Å²) < 4.78 is 25.3. The SMILES string of the molecule is CC(C)Cc1ccc(C(C)C(=O)OCCN2CCOC(c3ccccc3F)C2)cc1. The minimum absolute atomic E-state index is 0.217. The van der Waals surface area contributed by atoms with Gasteiger partial charge in [-0.15, -0.1) is 0 Å². The Morgan fingerprint density at radius 1 is 1.17 bits per heavy atom. The highest BCUT2D eigenvalue weighted by Gasteiger charge is 2.24. The molecule has 0 spiro atoms. The molecule has 0 saturated carbocycles. The van der Waals surface area contributed by atoms with Crippen LogP contribution in [0.4, 0.5) is 4.39 Å². The number of halogens is 1. The van der Waals surface area contributed by atoms with E-state index in [1.165, 1.54) is 11.6 Å². The average Bonchev–Trinajstić information content (AvgIpc) is 2.74. The minimum Gasteiger partial charge on any atom is -0.464 e. The van der Waals surface area contributed by atoms with Crippen molar-refractivity contribution in [2.45, 2.75) is 39.2 Å². The van der Waals surface area contributed by atoms with E-state index in [0.29, 0.717) is 37.8 Å².